The molecule has 2 N–H and O–H groups in total. The third kappa shape index (κ3) is 3.99. The normalized spacial score (nSPS) is 17.4. The molecule has 106 valence electrons. The lowest BCUT2D eigenvalue weighted by molar-refractivity contribution is -0.126. The molecule has 1 aliphatic rings. The van der Waals surface area contributed by atoms with Gasteiger partial charge in [-0.25, -0.2) is 0 Å². The number of carbonyl (C=O) groups excluding carboxylic acids is 1. The topological polar surface area (TPSA) is 41.1 Å². The van der Waals surface area contributed by atoms with E-state index in [9.17, 15) is 4.79 Å². The molecule has 1 heterocycles. The van der Waals surface area contributed by atoms with Gasteiger partial charge >= 0.3 is 0 Å². The maximum Gasteiger partial charge on any atom is 0.230 e. The van der Waals surface area contributed by atoms with Crippen LogP contribution in [0.15, 0.2) is 18.2 Å². The molecule has 1 aliphatic heterocycles. The van der Waals surface area contributed by atoms with E-state index in [1.54, 1.807) is 18.2 Å². The van der Waals surface area contributed by atoms with Crippen molar-refractivity contribution in [2.45, 2.75) is 19.8 Å². The highest BCUT2D eigenvalue weighted by atomic mass is 35.5. The number of amides is 1. The van der Waals surface area contributed by atoms with Crippen LogP contribution in [0, 0.1) is 5.41 Å². The molecule has 0 atom stereocenters. The molecule has 19 heavy (non-hydrogen) atoms. The number of benzene rings is 1. The summed E-state index contributed by atoms with van der Waals surface area (Å²) in [6, 6.07) is 5.12. The van der Waals surface area contributed by atoms with Gasteiger partial charge in [0.1, 0.15) is 0 Å². The lowest BCUT2D eigenvalue weighted by Crippen LogP contribution is -2.42. The van der Waals surface area contributed by atoms with E-state index in [1.807, 2.05) is 6.92 Å². The minimum atomic E-state index is -0.308. The second kappa shape index (κ2) is 6.80. The third-order valence-corrected chi connectivity index (χ3v) is 4.17. The van der Waals surface area contributed by atoms with Crippen molar-refractivity contribution in [3.63, 3.8) is 0 Å². The molecule has 1 saturated heterocycles. The molecule has 0 spiro atoms. The average Bonchev–Trinajstić information content (AvgIpc) is 2.35. The summed E-state index contributed by atoms with van der Waals surface area (Å²) >= 11 is 11.8. The van der Waals surface area contributed by atoms with Crippen molar-refractivity contribution in [3.8, 4) is 0 Å². The van der Waals surface area contributed by atoms with Gasteiger partial charge in [-0.15, -0.1) is 12.4 Å². The quantitative estimate of drug-likeness (QED) is 0.870. The van der Waals surface area contributed by atoms with Gasteiger partial charge in [-0.1, -0.05) is 30.1 Å². The van der Waals surface area contributed by atoms with Crippen molar-refractivity contribution >= 4 is 47.2 Å². The molecule has 1 fully saturated rings. The number of hydrogen-bond donors (Lipinski definition) is 2. The summed E-state index contributed by atoms with van der Waals surface area (Å²) in [7, 11) is 0. The van der Waals surface area contributed by atoms with Crippen molar-refractivity contribution in [2.24, 2.45) is 5.41 Å². The van der Waals surface area contributed by atoms with Crippen LogP contribution >= 0.6 is 35.6 Å². The van der Waals surface area contributed by atoms with Crippen molar-refractivity contribution in [1.29, 1.82) is 0 Å². The van der Waals surface area contributed by atoms with E-state index in [2.05, 4.69) is 10.6 Å². The van der Waals surface area contributed by atoms with Crippen molar-refractivity contribution in [3.05, 3.63) is 28.2 Å². The number of hydrogen-bond acceptors (Lipinski definition) is 2. The Hall–Kier alpha value is -0.480. The van der Waals surface area contributed by atoms with Crippen LogP contribution in [-0.4, -0.2) is 19.0 Å². The average molecular weight is 324 g/mol. The molecule has 0 radical (unpaired) electrons. The summed E-state index contributed by atoms with van der Waals surface area (Å²) in [5.74, 6) is 0.0439. The Kier molecular flexibility index (Phi) is 5.93. The van der Waals surface area contributed by atoms with E-state index in [4.69, 9.17) is 23.2 Å². The van der Waals surface area contributed by atoms with Gasteiger partial charge in [-0.2, -0.15) is 0 Å². The number of piperidine rings is 1. The molecule has 1 aromatic carbocycles. The number of anilines is 1. The summed E-state index contributed by atoms with van der Waals surface area (Å²) in [5, 5.41) is 7.10. The molecule has 3 nitrogen and oxygen atoms in total. The van der Waals surface area contributed by atoms with Crippen molar-refractivity contribution < 1.29 is 4.79 Å². The second-order valence-electron chi connectivity index (χ2n) is 4.89. The Balaban J connectivity index is 0.00000180. The second-order valence-corrected chi connectivity index (χ2v) is 5.71. The fourth-order valence-electron chi connectivity index (χ4n) is 2.06. The molecule has 0 aliphatic carbocycles. The Morgan fingerprint density at radius 1 is 1.26 bits per heavy atom. The highest BCUT2D eigenvalue weighted by molar-refractivity contribution is 6.42. The van der Waals surface area contributed by atoms with Crippen LogP contribution in [0.4, 0.5) is 5.69 Å². The van der Waals surface area contributed by atoms with E-state index in [1.165, 1.54) is 0 Å². The number of nitrogens with one attached hydrogen (secondary N) is 2. The summed E-state index contributed by atoms with van der Waals surface area (Å²) in [4.78, 5) is 12.3. The Bertz CT molecular complexity index is 459. The first-order chi connectivity index (χ1) is 8.51. The smallest absolute Gasteiger partial charge is 0.230 e. The van der Waals surface area contributed by atoms with Crippen LogP contribution in [-0.2, 0) is 4.79 Å². The molecule has 0 aromatic heterocycles. The minimum Gasteiger partial charge on any atom is -0.326 e. The molecular formula is C13H17Cl3N2O. The predicted molar refractivity (Wildman–Crippen MR) is 82.6 cm³/mol. The van der Waals surface area contributed by atoms with Gasteiger partial charge in [0.2, 0.25) is 5.91 Å². The van der Waals surface area contributed by atoms with Gasteiger partial charge < -0.3 is 10.6 Å². The SMILES string of the molecule is CC1(C(=O)Nc2ccc(Cl)c(Cl)c2)CCNCC1.Cl. The standard InChI is InChI=1S/C13H16Cl2N2O.ClH/c1-13(4-6-16-7-5-13)12(18)17-9-2-3-10(14)11(15)8-9;/h2-3,8,16H,4-7H2,1H3,(H,17,18);1H. The number of carbonyl (C=O) groups is 1. The van der Waals surface area contributed by atoms with Crippen LogP contribution in [0.5, 0.6) is 0 Å². The molecule has 6 heteroatoms. The molecular weight excluding hydrogens is 307 g/mol. The van der Waals surface area contributed by atoms with Crippen LogP contribution in [0.25, 0.3) is 0 Å². The van der Waals surface area contributed by atoms with Crippen LogP contribution < -0.4 is 10.6 Å². The first kappa shape index (κ1) is 16.6. The number of halogens is 3. The number of rotatable bonds is 2. The summed E-state index contributed by atoms with van der Waals surface area (Å²) in [6.45, 7) is 3.76. The van der Waals surface area contributed by atoms with Crippen molar-refractivity contribution in [1.82, 2.24) is 5.32 Å². The molecule has 1 amide bonds. The fraction of sp³-hybridized carbons (Fsp3) is 0.462. The zero-order valence-corrected chi connectivity index (χ0v) is 13.0. The largest absolute Gasteiger partial charge is 0.326 e. The van der Waals surface area contributed by atoms with Gasteiger partial charge in [0, 0.05) is 11.1 Å². The molecule has 1 aromatic rings. The van der Waals surface area contributed by atoms with Gasteiger partial charge in [0.05, 0.1) is 10.0 Å². The lowest BCUT2D eigenvalue weighted by Gasteiger charge is -2.32. The Labute approximate surface area is 129 Å². The summed E-state index contributed by atoms with van der Waals surface area (Å²) in [5.41, 5.74) is 0.381. The lowest BCUT2D eigenvalue weighted by atomic mass is 9.80. The zero-order valence-electron chi connectivity index (χ0n) is 10.6. The highest BCUT2D eigenvalue weighted by Gasteiger charge is 2.34. The predicted octanol–water partition coefficient (Wildman–Crippen LogP) is 3.74. The maximum atomic E-state index is 12.3. The third-order valence-electron chi connectivity index (χ3n) is 3.43. The maximum absolute atomic E-state index is 12.3. The minimum absolute atomic E-state index is 0. The van der Waals surface area contributed by atoms with E-state index in [-0.39, 0.29) is 23.7 Å². The van der Waals surface area contributed by atoms with E-state index >= 15 is 0 Å². The molecule has 2 rings (SSSR count). The van der Waals surface area contributed by atoms with Gasteiger partial charge in [-0.05, 0) is 44.1 Å². The van der Waals surface area contributed by atoms with Gasteiger partial charge in [0.15, 0.2) is 0 Å². The summed E-state index contributed by atoms with van der Waals surface area (Å²) in [6.07, 6.45) is 1.69. The van der Waals surface area contributed by atoms with Gasteiger partial charge in [0.25, 0.3) is 0 Å². The van der Waals surface area contributed by atoms with Gasteiger partial charge in [-0.3, -0.25) is 4.79 Å². The van der Waals surface area contributed by atoms with E-state index in [0.29, 0.717) is 15.7 Å². The summed E-state index contributed by atoms with van der Waals surface area (Å²) < 4.78 is 0. The van der Waals surface area contributed by atoms with Crippen molar-refractivity contribution in [2.75, 3.05) is 18.4 Å². The molecule has 0 unspecified atom stereocenters. The molecule has 0 bridgehead atoms. The van der Waals surface area contributed by atoms with E-state index < -0.39 is 0 Å². The first-order valence-electron chi connectivity index (χ1n) is 5.98. The Morgan fingerprint density at radius 2 is 1.89 bits per heavy atom. The fourth-order valence-corrected chi connectivity index (χ4v) is 2.36. The first-order valence-corrected chi connectivity index (χ1v) is 6.74. The monoisotopic (exact) mass is 322 g/mol. The van der Waals surface area contributed by atoms with Crippen LogP contribution in [0.2, 0.25) is 10.0 Å². The van der Waals surface area contributed by atoms with Crippen LogP contribution in [0.3, 0.4) is 0 Å². The Morgan fingerprint density at radius 3 is 2.47 bits per heavy atom. The van der Waals surface area contributed by atoms with E-state index in [0.717, 1.165) is 25.9 Å². The zero-order chi connectivity index (χ0) is 13.2. The highest BCUT2D eigenvalue weighted by Crippen LogP contribution is 2.31. The van der Waals surface area contributed by atoms with Crippen LogP contribution in [0.1, 0.15) is 19.8 Å². The molecule has 0 saturated carbocycles.